The maximum absolute atomic E-state index is 9.69. The number of ether oxygens (including phenoxy) is 1. The van der Waals surface area contributed by atoms with Gasteiger partial charge in [-0.1, -0.05) is 30.3 Å². The number of piperidine rings is 1. The number of aromatic nitrogens is 1. The molecule has 1 fully saturated rings. The minimum Gasteiger partial charge on any atom is -0.503 e. The van der Waals surface area contributed by atoms with Gasteiger partial charge in [0.05, 0.1) is 0 Å². The van der Waals surface area contributed by atoms with E-state index in [9.17, 15) is 5.11 Å². The van der Waals surface area contributed by atoms with Crippen LogP contribution in [0.15, 0.2) is 48.7 Å². The van der Waals surface area contributed by atoms with Gasteiger partial charge in [0.1, 0.15) is 6.10 Å². The Morgan fingerprint density at radius 1 is 1.10 bits per heavy atom. The van der Waals surface area contributed by atoms with E-state index in [0.29, 0.717) is 5.88 Å². The highest BCUT2D eigenvalue weighted by Crippen LogP contribution is 2.25. The summed E-state index contributed by atoms with van der Waals surface area (Å²) in [7, 11) is 0. The van der Waals surface area contributed by atoms with Gasteiger partial charge in [-0.05, 0) is 30.5 Å². The van der Waals surface area contributed by atoms with Crippen molar-refractivity contribution < 1.29 is 9.84 Å². The lowest BCUT2D eigenvalue weighted by Gasteiger charge is -2.31. The highest BCUT2D eigenvalue weighted by atomic mass is 16.5. The average Bonchev–Trinajstić information content (AvgIpc) is 2.52. The van der Waals surface area contributed by atoms with Gasteiger partial charge in [0, 0.05) is 25.8 Å². The number of hydrogen-bond donors (Lipinski definition) is 1. The molecule has 1 aliphatic heterocycles. The first-order valence-electron chi connectivity index (χ1n) is 7.38. The molecule has 1 saturated heterocycles. The van der Waals surface area contributed by atoms with Gasteiger partial charge in [-0.3, -0.25) is 4.90 Å². The predicted octanol–water partition coefficient (Wildman–Crippen LogP) is 2.83. The third-order valence-corrected chi connectivity index (χ3v) is 3.81. The first-order valence-corrected chi connectivity index (χ1v) is 7.38. The van der Waals surface area contributed by atoms with E-state index in [2.05, 4.69) is 34.1 Å². The van der Waals surface area contributed by atoms with Crippen LogP contribution in [0.4, 0.5) is 0 Å². The van der Waals surface area contributed by atoms with Gasteiger partial charge < -0.3 is 9.84 Å². The van der Waals surface area contributed by atoms with E-state index in [4.69, 9.17) is 4.74 Å². The first kappa shape index (κ1) is 13.9. The molecule has 3 rings (SSSR count). The van der Waals surface area contributed by atoms with Crippen molar-refractivity contribution in [2.75, 3.05) is 13.1 Å². The molecule has 4 heteroatoms. The second-order valence-corrected chi connectivity index (χ2v) is 5.41. The lowest BCUT2D eigenvalue weighted by Crippen LogP contribution is -2.37. The molecule has 1 N–H and O–H groups in total. The number of hydrogen-bond acceptors (Lipinski definition) is 4. The summed E-state index contributed by atoms with van der Waals surface area (Å²) in [4.78, 5) is 6.51. The number of nitrogens with zero attached hydrogens (tertiary/aromatic N) is 2. The van der Waals surface area contributed by atoms with Crippen LogP contribution in [0.1, 0.15) is 18.4 Å². The highest BCUT2D eigenvalue weighted by Gasteiger charge is 2.21. The Kier molecular flexibility index (Phi) is 4.36. The summed E-state index contributed by atoms with van der Waals surface area (Å²) in [6, 6.07) is 13.8. The SMILES string of the molecule is Oc1cccnc1OC1CCN(Cc2ccccc2)CC1. The Hall–Kier alpha value is -2.07. The molecule has 0 aliphatic carbocycles. The molecule has 4 nitrogen and oxygen atoms in total. The van der Waals surface area contributed by atoms with Crippen LogP contribution < -0.4 is 4.74 Å². The summed E-state index contributed by atoms with van der Waals surface area (Å²) in [5.41, 5.74) is 1.35. The fourth-order valence-electron chi connectivity index (χ4n) is 2.66. The zero-order valence-electron chi connectivity index (χ0n) is 12.0. The fraction of sp³-hybridized carbons (Fsp3) is 0.353. The molecule has 2 heterocycles. The van der Waals surface area contributed by atoms with Crippen LogP contribution in [-0.4, -0.2) is 34.2 Å². The second kappa shape index (κ2) is 6.59. The molecule has 110 valence electrons. The summed E-state index contributed by atoms with van der Waals surface area (Å²) in [6.45, 7) is 3.00. The molecule has 0 saturated carbocycles. The van der Waals surface area contributed by atoms with E-state index < -0.39 is 0 Å². The van der Waals surface area contributed by atoms with E-state index in [-0.39, 0.29) is 11.9 Å². The second-order valence-electron chi connectivity index (χ2n) is 5.41. The molecule has 0 spiro atoms. The maximum atomic E-state index is 9.69. The van der Waals surface area contributed by atoms with Crippen LogP contribution in [0.25, 0.3) is 0 Å². The van der Waals surface area contributed by atoms with Crippen LogP contribution in [0, 0.1) is 0 Å². The quantitative estimate of drug-likeness (QED) is 0.937. The van der Waals surface area contributed by atoms with Crippen LogP contribution in [0.5, 0.6) is 11.6 Å². The predicted molar refractivity (Wildman–Crippen MR) is 81.3 cm³/mol. The zero-order chi connectivity index (χ0) is 14.5. The van der Waals surface area contributed by atoms with Gasteiger partial charge in [-0.15, -0.1) is 0 Å². The monoisotopic (exact) mass is 284 g/mol. The molecular weight excluding hydrogens is 264 g/mol. The Morgan fingerprint density at radius 3 is 2.57 bits per heavy atom. The number of aromatic hydroxyl groups is 1. The molecule has 0 bridgehead atoms. The minimum atomic E-state index is 0.115. The maximum Gasteiger partial charge on any atom is 0.257 e. The number of rotatable bonds is 4. The fourth-order valence-corrected chi connectivity index (χ4v) is 2.66. The number of likely N-dealkylation sites (tertiary alicyclic amines) is 1. The molecule has 2 aromatic rings. The topological polar surface area (TPSA) is 45.6 Å². The lowest BCUT2D eigenvalue weighted by molar-refractivity contribution is 0.0906. The molecule has 0 radical (unpaired) electrons. The van der Waals surface area contributed by atoms with Crippen LogP contribution >= 0.6 is 0 Å². The van der Waals surface area contributed by atoms with Crippen molar-refractivity contribution in [3.05, 3.63) is 54.2 Å². The van der Waals surface area contributed by atoms with Crippen molar-refractivity contribution in [1.29, 1.82) is 0 Å². The van der Waals surface area contributed by atoms with E-state index in [0.717, 1.165) is 32.5 Å². The summed E-state index contributed by atoms with van der Waals surface area (Å²) in [6.07, 6.45) is 3.70. The van der Waals surface area contributed by atoms with E-state index in [1.54, 1.807) is 18.3 Å². The summed E-state index contributed by atoms with van der Waals surface area (Å²) in [5, 5.41) is 9.69. The largest absolute Gasteiger partial charge is 0.503 e. The van der Waals surface area contributed by atoms with Crippen molar-refractivity contribution in [3.63, 3.8) is 0 Å². The van der Waals surface area contributed by atoms with Crippen molar-refractivity contribution in [3.8, 4) is 11.6 Å². The summed E-state index contributed by atoms with van der Waals surface area (Å²) >= 11 is 0. The Labute approximate surface area is 125 Å². The summed E-state index contributed by atoms with van der Waals surface area (Å²) in [5.74, 6) is 0.461. The normalized spacial score (nSPS) is 16.8. The zero-order valence-corrected chi connectivity index (χ0v) is 12.0. The van der Waals surface area contributed by atoms with Gasteiger partial charge in [-0.2, -0.15) is 0 Å². The molecule has 0 atom stereocenters. The van der Waals surface area contributed by atoms with Crippen LogP contribution in [0.2, 0.25) is 0 Å². The molecule has 21 heavy (non-hydrogen) atoms. The molecule has 1 aliphatic rings. The molecule has 1 aromatic carbocycles. The number of benzene rings is 1. The van der Waals surface area contributed by atoms with Crippen molar-refractivity contribution >= 4 is 0 Å². The van der Waals surface area contributed by atoms with Gasteiger partial charge in [0.2, 0.25) is 0 Å². The standard InChI is InChI=1S/C17H20N2O2/c20-16-7-4-10-18-17(16)21-15-8-11-19(12-9-15)13-14-5-2-1-3-6-14/h1-7,10,15,20H,8-9,11-13H2. The highest BCUT2D eigenvalue weighted by molar-refractivity contribution is 5.30. The van der Waals surface area contributed by atoms with Gasteiger partial charge in [-0.25, -0.2) is 4.98 Å². The van der Waals surface area contributed by atoms with E-state index in [1.165, 1.54) is 5.56 Å². The molecule has 0 unspecified atom stereocenters. The molecule has 0 amide bonds. The van der Waals surface area contributed by atoms with Gasteiger partial charge in [0.15, 0.2) is 5.75 Å². The first-order chi connectivity index (χ1) is 10.3. The van der Waals surface area contributed by atoms with Crippen molar-refractivity contribution in [2.45, 2.75) is 25.5 Å². The van der Waals surface area contributed by atoms with E-state index >= 15 is 0 Å². The van der Waals surface area contributed by atoms with Gasteiger partial charge >= 0.3 is 0 Å². The average molecular weight is 284 g/mol. The Bertz CT molecular complexity index is 566. The lowest BCUT2D eigenvalue weighted by atomic mass is 10.1. The van der Waals surface area contributed by atoms with Crippen LogP contribution in [-0.2, 0) is 6.54 Å². The molecule has 1 aromatic heterocycles. The Balaban J connectivity index is 1.50. The Morgan fingerprint density at radius 2 is 1.86 bits per heavy atom. The third kappa shape index (κ3) is 3.73. The summed E-state index contributed by atoms with van der Waals surface area (Å²) < 4.78 is 5.80. The van der Waals surface area contributed by atoms with Gasteiger partial charge in [0.25, 0.3) is 5.88 Å². The third-order valence-electron chi connectivity index (χ3n) is 3.81. The van der Waals surface area contributed by atoms with Crippen molar-refractivity contribution in [1.82, 2.24) is 9.88 Å². The van der Waals surface area contributed by atoms with Crippen LogP contribution in [0.3, 0.4) is 0 Å². The van der Waals surface area contributed by atoms with E-state index in [1.807, 2.05) is 6.07 Å². The minimum absolute atomic E-state index is 0.115. The molecular formula is C17H20N2O2. The smallest absolute Gasteiger partial charge is 0.257 e. The van der Waals surface area contributed by atoms with Crippen molar-refractivity contribution in [2.24, 2.45) is 0 Å². The number of pyridine rings is 1.